The Balaban J connectivity index is 1.04. The maximum absolute atomic E-state index is 7.25. The predicted octanol–water partition coefficient (Wildman–Crippen LogP) is 15.0. The van der Waals surface area contributed by atoms with Gasteiger partial charge in [0.2, 0.25) is 0 Å². The van der Waals surface area contributed by atoms with Crippen molar-refractivity contribution in [2.45, 2.75) is 30.6 Å². The van der Waals surface area contributed by atoms with Gasteiger partial charge >= 0.3 is 0 Å². The fraction of sp³-hybridized carbons (Fsp3) is 0.0968. The van der Waals surface area contributed by atoms with E-state index in [1.165, 1.54) is 50.1 Å². The van der Waals surface area contributed by atoms with Gasteiger partial charge in [-0.05, 0) is 92.6 Å². The minimum absolute atomic E-state index is 0.406. The van der Waals surface area contributed by atoms with Gasteiger partial charge in [-0.3, -0.25) is 0 Å². The monoisotopic (exact) mass is 832 g/mol. The summed E-state index contributed by atoms with van der Waals surface area (Å²) in [6.07, 6.45) is 8.74. The van der Waals surface area contributed by atoms with Crippen molar-refractivity contribution in [1.29, 1.82) is 0 Å². The van der Waals surface area contributed by atoms with E-state index in [1.54, 1.807) is 0 Å². The van der Waals surface area contributed by atoms with Crippen LogP contribution >= 0.6 is 0 Å². The van der Waals surface area contributed by atoms with Crippen LogP contribution in [-0.4, -0.2) is 9.97 Å². The second-order valence-electron chi connectivity index (χ2n) is 17.8. The molecule has 0 saturated heterocycles. The van der Waals surface area contributed by atoms with Gasteiger partial charge in [-0.25, -0.2) is 9.97 Å². The number of nitrogens with zero attached hydrogens (tertiary/aromatic N) is 2. The lowest BCUT2D eigenvalue weighted by atomic mass is 9.51. The molecule has 0 bridgehead atoms. The number of allylic oxidation sites excluding steroid dienone is 4. The van der Waals surface area contributed by atoms with Gasteiger partial charge in [-0.15, -0.1) is 0 Å². The fourth-order valence-electron chi connectivity index (χ4n) is 11.9. The molecule has 308 valence electrons. The fourth-order valence-corrected chi connectivity index (χ4v) is 11.9. The zero-order chi connectivity index (χ0) is 43.1. The number of aromatic nitrogens is 2. The van der Waals surface area contributed by atoms with E-state index < -0.39 is 10.8 Å². The van der Waals surface area contributed by atoms with E-state index in [4.69, 9.17) is 14.7 Å². The van der Waals surface area contributed by atoms with E-state index in [0.29, 0.717) is 11.7 Å². The van der Waals surface area contributed by atoms with Crippen molar-refractivity contribution in [1.82, 2.24) is 9.97 Å². The van der Waals surface area contributed by atoms with E-state index in [1.807, 2.05) is 0 Å². The van der Waals surface area contributed by atoms with Gasteiger partial charge in [0.25, 0.3) is 0 Å². The van der Waals surface area contributed by atoms with E-state index in [9.17, 15) is 0 Å². The Bertz CT molecular complexity index is 3350. The first-order chi connectivity index (χ1) is 32.2. The predicted molar refractivity (Wildman–Crippen MR) is 263 cm³/mol. The van der Waals surface area contributed by atoms with Crippen molar-refractivity contribution in [3.8, 4) is 56.4 Å². The highest BCUT2D eigenvalue weighted by Crippen LogP contribution is 2.67. The number of hydrogen-bond donors (Lipinski definition) is 0. The SMILES string of the molecule is CCC1CC=CC=C1c1cc(-c2ccccc2)nc(-c2cccc(-c3cccc4c3Oc3ccccc3C43c4ccccc4C4(c5ccccc5-c5ccccc54)c4ccccc43)c2)n1. The minimum atomic E-state index is -0.692. The molecule has 0 radical (unpaired) electrons. The van der Waals surface area contributed by atoms with E-state index in [2.05, 4.69) is 225 Å². The number of para-hydroxylation sites is 2. The molecule has 4 aliphatic rings. The highest BCUT2D eigenvalue weighted by Gasteiger charge is 2.58. The molecule has 8 aromatic carbocycles. The molecule has 13 rings (SSSR count). The highest BCUT2D eigenvalue weighted by atomic mass is 16.5. The summed E-state index contributed by atoms with van der Waals surface area (Å²) >= 11 is 0. The summed E-state index contributed by atoms with van der Waals surface area (Å²) in [5.41, 5.74) is 18.7. The Kier molecular flexibility index (Phi) is 8.45. The number of hydrogen-bond acceptors (Lipinski definition) is 3. The molecule has 9 aromatic rings. The average molecular weight is 833 g/mol. The van der Waals surface area contributed by atoms with Crippen LogP contribution in [0.1, 0.15) is 70.0 Å². The third-order valence-corrected chi connectivity index (χ3v) is 14.6. The molecule has 2 spiro atoms. The molecule has 2 heterocycles. The number of benzene rings is 8. The summed E-state index contributed by atoms with van der Waals surface area (Å²) in [7, 11) is 0. The standard InChI is InChI=1S/C62H44N2O/c1-2-40-20-6-7-25-44(40)57-39-56(41-21-4-3-5-22-41)63-60(64-57)43-24-18-23-42(38-43)45-28-19-36-55-59(45)65-58-37-17-16-35-54(58)62(55)52-33-14-12-31-50(52)61(51-32-13-15-34-53(51)62)48-29-10-8-26-46(48)47-27-9-11-30-49(47)61/h3-19,21-40H,2,20H2,1H3. The van der Waals surface area contributed by atoms with Crippen LogP contribution in [-0.2, 0) is 10.8 Å². The van der Waals surface area contributed by atoms with Gasteiger partial charge in [0.05, 0.1) is 22.2 Å². The molecule has 65 heavy (non-hydrogen) atoms. The second-order valence-corrected chi connectivity index (χ2v) is 17.8. The third-order valence-electron chi connectivity index (χ3n) is 14.6. The van der Waals surface area contributed by atoms with Gasteiger partial charge < -0.3 is 4.74 Å². The second kappa shape index (κ2) is 14.6. The first kappa shape index (κ1) is 37.7. The third kappa shape index (κ3) is 5.30. The minimum Gasteiger partial charge on any atom is -0.456 e. The topological polar surface area (TPSA) is 35.0 Å². The maximum atomic E-state index is 7.25. The molecular formula is C62H44N2O. The van der Waals surface area contributed by atoms with Crippen LogP contribution in [0.3, 0.4) is 0 Å². The van der Waals surface area contributed by atoms with Crippen molar-refractivity contribution in [3.05, 3.63) is 269 Å². The molecule has 0 fully saturated rings. The summed E-state index contributed by atoms with van der Waals surface area (Å²) in [4.78, 5) is 10.6. The smallest absolute Gasteiger partial charge is 0.160 e. The Hall–Kier alpha value is -7.88. The Morgan fingerprint density at radius 2 is 0.969 bits per heavy atom. The van der Waals surface area contributed by atoms with Gasteiger partial charge in [0, 0.05) is 27.8 Å². The van der Waals surface area contributed by atoms with Crippen molar-refractivity contribution in [2.75, 3.05) is 0 Å². The first-order valence-corrected chi connectivity index (χ1v) is 22.9. The molecule has 1 unspecified atom stereocenters. The van der Waals surface area contributed by atoms with Gasteiger partial charge in [-0.1, -0.05) is 207 Å². The van der Waals surface area contributed by atoms with E-state index in [-0.39, 0.29) is 0 Å². The van der Waals surface area contributed by atoms with Gasteiger partial charge in [0.15, 0.2) is 5.82 Å². The molecule has 3 aliphatic carbocycles. The summed E-state index contributed by atoms with van der Waals surface area (Å²) in [5, 5.41) is 0. The number of fused-ring (bicyclic) bond motifs is 15. The summed E-state index contributed by atoms with van der Waals surface area (Å²) < 4.78 is 7.25. The first-order valence-electron chi connectivity index (χ1n) is 22.9. The molecule has 3 nitrogen and oxygen atoms in total. The van der Waals surface area contributed by atoms with E-state index in [0.717, 1.165) is 69.1 Å². The largest absolute Gasteiger partial charge is 0.456 e. The molecule has 0 N–H and O–H groups in total. The molecule has 3 heteroatoms. The molecular weight excluding hydrogens is 789 g/mol. The van der Waals surface area contributed by atoms with Crippen LogP contribution in [0.5, 0.6) is 11.5 Å². The molecule has 0 amide bonds. The van der Waals surface area contributed by atoms with Crippen LogP contribution in [0.2, 0.25) is 0 Å². The van der Waals surface area contributed by atoms with Crippen molar-refractivity contribution >= 4 is 5.57 Å². The van der Waals surface area contributed by atoms with Crippen molar-refractivity contribution in [2.24, 2.45) is 5.92 Å². The van der Waals surface area contributed by atoms with Crippen LogP contribution in [0.25, 0.3) is 50.5 Å². The average Bonchev–Trinajstić information content (AvgIpc) is 3.68. The lowest BCUT2D eigenvalue weighted by molar-refractivity contribution is 0.430. The van der Waals surface area contributed by atoms with Crippen LogP contribution in [0.15, 0.2) is 218 Å². The molecule has 1 atom stereocenters. The summed E-state index contributed by atoms with van der Waals surface area (Å²) in [6, 6.07) is 73.3. The van der Waals surface area contributed by atoms with Gasteiger partial charge in [-0.2, -0.15) is 0 Å². The Labute approximate surface area is 380 Å². The molecule has 0 saturated carbocycles. The summed E-state index contributed by atoms with van der Waals surface area (Å²) in [5.74, 6) is 2.84. The lowest BCUT2D eigenvalue weighted by Gasteiger charge is -2.51. The van der Waals surface area contributed by atoms with Crippen LogP contribution in [0, 0.1) is 5.92 Å². The lowest BCUT2D eigenvalue weighted by Crippen LogP contribution is -2.45. The van der Waals surface area contributed by atoms with Gasteiger partial charge in [0.1, 0.15) is 11.5 Å². The molecule has 1 aromatic heterocycles. The number of ether oxygens (including phenoxy) is 1. The highest BCUT2D eigenvalue weighted by molar-refractivity contribution is 5.91. The van der Waals surface area contributed by atoms with Crippen molar-refractivity contribution < 1.29 is 4.74 Å². The Morgan fingerprint density at radius 1 is 0.462 bits per heavy atom. The zero-order valence-electron chi connectivity index (χ0n) is 36.1. The van der Waals surface area contributed by atoms with E-state index >= 15 is 0 Å². The maximum Gasteiger partial charge on any atom is 0.160 e. The van der Waals surface area contributed by atoms with Crippen molar-refractivity contribution in [3.63, 3.8) is 0 Å². The van der Waals surface area contributed by atoms with Crippen LogP contribution < -0.4 is 4.74 Å². The number of rotatable bonds is 5. The molecule has 1 aliphatic heterocycles. The Morgan fingerprint density at radius 3 is 1.65 bits per heavy atom. The quantitative estimate of drug-likeness (QED) is 0.173. The summed E-state index contributed by atoms with van der Waals surface area (Å²) in [6.45, 7) is 2.27. The normalized spacial score (nSPS) is 16.3. The van der Waals surface area contributed by atoms with Crippen LogP contribution in [0.4, 0.5) is 0 Å². The zero-order valence-corrected chi connectivity index (χ0v) is 36.1.